The van der Waals surface area contributed by atoms with Crippen LogP contribution in [0.25, 0.3) is 0 Å². The average molecular weight is 369 g/mol. The summed E-state index contributed by atoms with van der Waals surface area (Å²) in [5.41, 5.74) is 0.899. The minimum atomic E-state index is -0.652. The lowest BCUT2D eigenvalue weighted by Crippen LogP contribution is -2.46. The van der Waals surface area contributed by atoms with Gasteiger partial charge in [0, 0.05) is 19.0 Å². The fourth-order valence-corrected chi connectivity index (χ4v) is 2.81. The molecule has 27 heavy (non-hydrogen) atoms. The number of urea groups is 1. The third kappa shape index (κ3) is 3.89. The Labute approximate surface area is 156 Å². The molecule has 0 saturated carbocycles. The van der Waals surface area contributed by atoms with Crippen LogP contribution in [0, 0.1) is 5.92 Å². The second-order valence-corrected chi connectivity index (χ2v) is 5.90. The van der Waals surface area contributed by atoms with Crippen molar-refractivity contribution in [1.82, 2.24) is 4.90 Å². The van der Waals surface area contributed by atoms with Crippen molar-refractivity contribution in [3.63, 3.8) is 0 Å². The van der Waals surface area contributed by atoms with Gasteiger partial charge in [0.15, 0.2) is 0 Å². The lowest BCUT2D eigenvalue weighted by atomic mass is 9.95. The molecule has 8 heteroatoms. The van der Waals surface area contributed by atoms with Crippen molar-refractivity contribution in [3.8, 4) is 11.5 Å². The molecule has 1 aromatic rings. The summed E-state index contributed by atoms with van der Waals surface area (Å²) in [4.78, 5) is 41.8. The molecule has 4 amide bonds. The van der Waals surface area contributed by atoms with Crippen molar-refractivity contribution in [2.75, 3.05) is 26.1 Å². The Morgan fingerprint density at radius 2 is 2.04 bits per heavy atom. The van der Waals surface area contributed by atoms with Crippen molar-refractivity contribution in [2.24, 2.45) is 10.9 Å². The molecule has 1 atom stereocenters. The summed E-state index contributed by atoms with van der Waals surface area (Å²) in [6, 6.07) is 4.34. The smallest absolute Gasteiger partial charge is 0.350 e. The molecule has 1 heterocycles. The monoisotopic (exact) mass is 369 g/mol. The number of carbonyl (C=O) groups excluding carboxylic acids is 3. The van der Waals surface area contributed by atoms with Crippen LogP contribution >= 0.6 is 0 Å². The Hall–Kier alpha value is -3.42. The molecular weight excluding hydrogens is 350 g/mol. The van der Waals surface area contributed by atoms with Crippen LogP contribution < -0.4 is 14.8 Å². The van der Waals surface area contributed by atoms with Crippen LogP contribution in [0.3, 0.4) is 0 Å². The number of ether oxygens (including phenoxy) is 2. The Balaban J connectivity index is 1.63. The van der Waals surface area contributed by atoms with Crippen LogP contribution in [0.4, 0.5) is 10.5 Å². The van der Waals surface area contributed by atoms with E-state index in [1.807, 2.05) is 0 Å². The molecule has 0 spiro atoms. The molecule has 3 rings (SSSR count). The maximum Gasteiger partial charge on any atom is 0.350 e. The summed E-state index contributed by atoms with van der Waals surface area (Å²) in [6.07, 6.45) is 6.73. The second-order valence-electron chi connectivity index (χ2n) is 5.90. The Kier molecular flexibility index (Phi) is 5.35. The fraction of sp³-hybridized carbons (Fsp3) is 0.263. The number of aliphatic imine (C=N–C) groups is 1. The number of hydrogen-bond donors (Lipinski definition) is 1. The number of allylic oxidation sites excluding steroid dienone is 3. The fourth-order valence-electron chi connectivity index (χ4n) is 2.81. The first-order valence-corrected chi connectivity index (χ1v) is 8.34. The van der Waals surface area contributed by atoms with Gasteiger partial charge in [-0.15, -0.1) is 0 Å². The Morgan fingerprint density at radius 1 is 1.22 bits per heavy atom. The lowest BCUT2D eigenvalue weighted by Gasteiger charge is -2.28. The first kappa shape index (κ1) is 18.4. The molecule has 2 aliphatic rings. The van der Waals surface area contributed by atoms with E-state index >= 15 is 0 Å². The van der Waals surface area contributed by atoms with Crippen molar-refractivity contribution in [3.05, 3.63) is 42.5 Å². The third-order valence-corrected chi connectivity index (χ3v) is 4.23. The molecule has 1 unspecified atom stereocenters. The minimum absolute atomic E-state index is 0.0488. The Morgan fingerprint density at radius 3 is 2.78 bits per heavy atom. The van der Waals surface area contributed by atoms with Crippen LogP contribution in [0.1, 0.15) is 6.42 Å². The van der Waals surface area contributed by atoms with Crippen LogP contribution in [-0.2, 0) is 9.59 Å². The molecule has 1 N–H and O–H groups in total. The van der Waals surface area contributed by atoms with Gasteiger partial charge in [0.05, 0.1) is 31.5 Å². The highest BCUT2D eigenvalue weighted by Gasteiger charge is 2.35. The van der Waals surface area contributed by atoms with Gasteiger partial charge >= 0.3 is 6.03 Å². The van der Waals surface area contributed by atoms with Crippen molar-refractivity contribution < 1.29 is 23.9 Å². The van der Waals surface area contributed by atoms with Gasteiger partial charge in [-0.3, -0.25) is 14.5 Å². The first-order valence-electron chi connectivity index (χ1n) is 8.34. The van der Waals surface area contributed by atoms with E-state index < -0.39 is 11.9 Å². The average Bonchev–Trinajstić information content (AvgIpc) is 2.68. The van der Waals surface area contributed by atoms with Crippen LogP contribution in [0.5, 0.6) is 11.5 Å². The van der Waals surface area contributed by atoms with E-state index in [0.29, 0.717) is 22.9 Å². The van der Waals surface area contributed by atoms with Gasteiger partial charge < -0.3 is 14.8 Å². The number of anilines is 1. The van der Waals surface area contributed by atoms with E-state index in [2.05, 4.69) is 10.3 Å². The first-order chi connectivity index (χ1) is 13.0. The van der Waals surface area contributed by atoms with Gasteiger partial charge in [-0.05, 0) is 18.2 Å². The molecule has 1 aliphatic carbocycles. The number of benzene rings is 1. The highest BCUT2D eigenvalue weighted by Crippen LogP contribution is 2.29. The number of methoxy groups -OCH3 is 2. The molecule has 0 bridgehead atoms. The predicted molar refractivity (Wildman–Crippen MR) is 99.1 cm³/mol. The third-order valence-electron chi connectivity index (χ3n) is 4.23. The molecule has 8 nitrogen and oxygen atoms in total. The molecule has 0 saturated heterocycles. The highest BCUT2D eigenvalue weighted by atomic mass is 16.5. The molecule has 0 radical (unpaired) electrons. The summed E-state index contributed by atoms with van der Waals surface area (Å²) in [5, 5.41) is 2.71. The van der Waals surface area contributed by atoms with Crippen molar-refractivity contribution >= 4 is 29.2 Å². The minimum Gasteiger partial charge on any atom is -0.497 e. The normalized spacial score (nSPS) is 18.1. The number of imide groups is 1. The van der Waals surface area contributed by atoms with Gasteiger partial charge in [-0.2, -0.15) is 4.99 Å². The van der Waals surface area contributed by atoms with Crippen molar-refractivity contribution in [1.29, 1.82) is 0 Å². The van der Waals surface area contributed by atoms with Gasteiger partial charge in [-0.1, -0.05) is 18.2 Å². The summed E-state index contributed by atoms with van der Waals surface area (Å²) in [7, 11) is 3.02. The second kappa shape index (κ2) is 7.86. The van der Waals surface area contributed by atoms with Gasteiger partial charge in [-0.25, -0.2) is 4.79 Å². The number of nitrogens with zero attached hydrogens (tertiary/aromatic N) is 2. The number of hydrogen-bond acceptors (Lipinski definition) is 5. The zero-order valence-corrected chi connectivity index (χ0v) is 15.0. The SMILES string of the molecule is COc1ccc(NC(=O)CCN2C(=O)N=C3C=CC=CC3C2=O)c(OC)c1. The van der Waals surface area contributed by atoms with Crippen LogP contribution in [0.2, 0.25) is 0 Å². The standard InChI is InChI=1S/C19H19N3O5/c1-26-12-7-8-15(16(11-12)27-2)20-17(23)9-10-22-18(24)13-5-3-4-6-14(13)21-19(22)25/h3-8,11,13H,9-10H2,1-2H3,(H,20,23). The zero-order chi connectivity index (χ0) is 19.4. The number of amides is 4. The van der Waals surface area contributed by atoms with Gasteiger partial charge in [0.2, 0.25) is 11.8 Å². The van der Waals surface area contributed by atoms with E-state index in [-0.39, 0.29) is 24.8 Å². The Bertz CT molecular complexity index is 872. The molecular formula is C19H19N3O5. The van der Waals surface area contributed by atoms with E-state index in [1.165, 1.54) is 14.2 Å². The van der Waals surface area contributed by atoms with Crippen LogP contribution in [-0.4, -0.2) is 49.2 Å². The van der Waals surface area contributed by atoms with Crippen LogP contribution in [0.15, 0.2) is 47.5 Å². The summed E-state index contributed by atoms with van der Waals surface area (Å²) >= 11 is 0. The summed E-state index contributed by atoms with van der Waals surface area (Å²) in [5.74, 6) is -0.260. The molecule has 1 aliphatic heterocycles. The molecule has 0 aromatic heterocycles. The van der Waals surface area contributed by atoms with E-state index in [1.54, 1.807) is 42.5 Å². The lowest BCUT2D eigenvalue weighted by molar-refractivity contribution is -0.129. The molecule has 1 aromatic carbocycles. The number of nitrogens with one attached hydrogen (secondary N) is 1. The number of rotatable bonds is 6. The zero-order valence-electron chi connectivity index (χ0n) is 15.0. The quantitative estimate of drug-likeness (QED) is 0.829. The maximum absolute atomic E-state index is 12.5. The van der Waals surface area contributed by atoms with E-state index in [9.17, 15) is 14.4 Å². The van der Waals surface area contributed by atoms with Gasteiger partial charge in [0.1, 0.15) is 11.5 Å². The van der Waals surface area contributed by atoms with E-state index in [4.69, 9.17) is 9.47 Å². The topological polar surface area (TPSA) is 97.3 Å². The largest absolute Gasteiger partial charge is 0.497 e. The van der Waals surface area contributed by atoms with Crippen molar-refractivity contribution in [2.45, 2.75) is 6.42 Å². The van der Waals surface area contributed by atoms with Gasteiger partial charge in [0.25, 0.3) is 0 Å². The maximum atomic E-state index is 12.5. The molecule has 140 valence electrons. The number of carbonyl (C=O) groups is 3. The predicted octanol–water partition coefficient (Wildman–Crippen LogP) is 2.18. The summed E-state index contributed by atoms with van der Waals surface area (Å²) in [6.45, 7) is -0.0488. The molecule has 0 fully saturated rings. The summed E-state index contributed by atoms with van der Waals surface area (Å²) < 4.78 is 10.3. The highest BCUT2D eigenvalue weighted by molar-refractivity contribution is 6.21. The van der Waals surface area contributed by atoms with E-state index in [0.717, 1.165) is 4.90 Å². The number of fused-ring (bicyclic) bond motifs is 1.